The number of nitrogens with zero attached hydrogens (tertiary/aromatic N) is 2. The van der Waals surface area contributed by atoms with Crippen LogP contribution in [0.4, 0.5) is 5.13 Å². The van der Waals surface area contributed by atoms with Gasteiger partial charge in [-0.3, -0.25) is 10.2 Å². The lowest BCUT2D eigenvalue weighted by atomic mass is 10.0. The van der Waals surface area contributed by atoms with Gasteiger partial charge in [0.25, 0.3) is 0 Å². The number of phenolic OH excluding ortho intramolecular Hbond substituents is 1. The van der Waals surface area contributed by atoms with Crippen molar-refractivity contribution in [2.75, 3.05) is 12.0 Å². The highest BCUT2D eigenvalue weighted by Crippen LogP contribution is 2.28. The Morgan fingerprint density at radius 1 is 1.26 bits per heavy atom. The van der Waals surface area contributed by atoms with E-state index in [2.05, 4.69) is 15.5 Å². The van der Waals surface area contributed by atoms with E-state index in [0.29, 0.717) is 17.4 Å². The number of ether oxygens (including phenoxy) is 1. The summed E-state index contributed by atoms with van der Waals surface area (Å²) < 4.78 is 4.90. The van der Waals surface area contributed by atoms with Crippen LogP contribution in [-0.2, 0) is 16.0 Å². The number of carbonyl (C=O) groups excluding carboxylic acids is 1. The molecule has 0 bridgehead atoms. The molecule has 0 radical (unpaired) electrons. The lowest BCUT2D eigenvalue weighted by Gasteiger charge is -2.04. The number of anilines is 1. The number of thiazole rings is 1. The van der Waals surface area contributed by atoms with Crippen LogP contribution in [0.1, 0.15) is 18.2 Å². The van der Waals surface area contributed by atoms with Crippen molar-refractivity contribution < 1.29 is 14.6 Å². The van der Waals surface area contributed by atoms with Gasteiger partial charge in [0.15, 0.2) is 0 Å². The Bertz CT molecular complexity index is 936. The Kier molecular flexibility index (Phi) is 6.17. The normalized spacial score (nSPS) is 10.9. The zero-order valence-corrected chi connectivity index (χ0v) is 15.6. The highest BCUT2D eigenvalue weighted by molar-refractivity contribution is 7.13. The third-order valence-corrected chi connectivity index (χ3v) is 4.48. The molecule has 0 aliphatic rings. The quantitative estimate of drug-likeness (QED) is 0.366. The summed E-state index contributed by atoms with van der Waals surface area (Å²) in [5.74, 6) is -0.0367. The summed E-state index contributed by atoms with van der Waals surface area (Å²) in [7, 11) is 0. The maximum Gasteiger partial charge on any atom is 0.311 e. The van der Waals surface area contributed by atoms with Gasteiger partial charge in [0, 0.05) is 10.9 Å². The number of hydrogen-bond donors (Lipinski definition) is 2. The second kappa shape index (κ2) is 8.95. The summed E-state index contributed by atoms with van der Waals surface area (Å²) >= 11 is 1.37. The predicted octanol–water partition coefficient (Wildman–Crippen LogP) is 4.07. The molecule has 0 fully saturated rings. The molecule has 2 N–H and O–H groups in total. The number of para-hydroxylation sites is 1. The van der Waals surface area contributed by atoms with Gasteiger partial charge in [-0.2, -0.15) is 5.10 Å². The van der Waals surface area contributed by atoms with Crippen LogP contribution in [0, 0.1) is 0 Å². The molecule has 0 spiro atoms. The summed E-state index contributed by atoms with van der Waals surface area (Å²) in [4.78, 5) is 15.7. The van der Waals surface area contributed by atoms with Gasteiger partial charge in [-0.1, -0.05) is 42.5 Å². The van der Waals surface area contributed by atoms with Crippen LogP contribution in [-0.4, -0.2) is 28.9 Å². The number of aromatic hydroxyl groups is 1. The van der Waals surface area contributed by atoms with Crippen molar-refractivity contribution in [3.8, 4) is 16.9 Å². The molecular formula is C20H19N3O3S. The molecule has 2 aromatic carbocycles. The smallest absolute Gasteiger partial charge is 0.311 e. The van der Waals surface area contributed by atoms with Crippen molar-refractivity contribution in [3.05, 3.63) is 65.2 Å². The highest BCUT2D eigenvalue weighted by Gasteiger charge is 2.08. The molecule has 6 nitrogen and oxygen atoms in total. The summed E-state index contributed by atoms with van der Waals surface area (Å²) in [6.45, 7) is 2.14. The zero-order chi connectivity index (χ0) is 19.1. The third-order valence-electron chi connectivity index (χ3n) is 3.68. The average molecular weight is 381 g/mol. The Labute approximate surface area is 161 Å². The number of phenols is 1. The number of aromatic nitrogens is 1. The molecule has 0 amide bonds. The minimum Gasteiger partial charge on any atom is -0.507 e. The van der Waals surface area contributed by atoms with Gasteiger partial charge >= 0.3 is 5.97 Å². The summed E-state index contributed by atoms with van der Waals surface area (Å²) in [5, 5.41) is 16.5. The average Bonchev–Trinajstić information content (AvgIpc) is 3.10. The van der Waals surface area contributed by atoms with Crippen molar-refractivity contribution in [2.24, 2.45) is 5.10 Å². The van der Waals surface area contributed by atoms with E-state index < -0.39 is 0 Å². The number of benzene rings is 2. The van der Waals surface area contributed by atoms with Crippen LogP contribution in [0.15, 0.2) is 59.0 Å². The van der Waals surface area contributed by atoms with E-state index in [1.165, 1.54) is 11.3 Å². The van der Waals surface area contributed by atoms with Crippen LogP contribution >= 0.6 is 11.3 Å². The minimum absolute atomic E-state index is 0.156. The van der Waals surface area contributed by atoms with E-state index >= 15 is 0 Å². The number of hydrogen-bond acceptors (Lipinski definition) is 7. The summed E-state index contributed by atoms with van der Waals surface area (Å²) in [6, 6.07) is 14.9. The van der Waals surface area contributed by atoms with E-state index in [-0.39, 0.29) is 18.1 Å². The zero-order valence-electron chi connectivity index (χ0n) is 14.8. The molecule has 3 aromatic rings. The van der Waals surface area contributed by atoms with Crippen molar-refractivity contribution in [1.82, 2.24) is 4.98 Å². The molecule has 7 heteroatoms. The van der Waals surface area contributed by atoms with E-state index in [4.69, 9.17) is 4.74 Å². The standard InChI is InChI=1S/C20H19N3O3S/c1-2-26-19(25)11-16-13-27-20(22-16)23-21-12-14-7-9-15(10-8-14)17-5-3-4-6-18(17)24/h3-10,12-13,24H,2,11H2,1H3,(H,22,23). The first-order chi connectivity index (χ1) is 13.2. The Balaban J connectivity index is 1.58. The van der Waals surface area contributed by atoms with Crippen LogP contribution in [0.2, 0.25) is 0 Å². The molecule has 0 saturated carbocycles. The highest BCUT2D eigenvalue weighted by atomic mass is 32.1. The molecule has 0 aliphatic carbocycles. The van der Waals surface area contributed by atoms with Crippen LogP contribution in [0.25, 0.3) is 11.1 Å². The molecule has 1 heterocycles. The van der Waals surface area contributed by atoms with Gasteiger partial charge in [0.05, 0.1) is 24.9 Å². The van der Waals surface area contributed by atoms with Crippen molar-refractivity contribution in [3.63, 3.8) is 0 Å². The fourth-order valence-corrected chi connectivity index (χ4v) is 3.09. The first-order valence-corrected chi connectivity index (χ1v) is 9.31. The molecule has 0 saturated heterocycles. The van der Waals surface area contributed by atoms with Gasteiger partial charge in [0.2, 0.25) is 5.13 Å². The van der Waals surface area contributed by atoms with Gasteiger partial charge in [-0.25, -0.2) is 4.98 Å². The van der Waals surface area contributed by atoms with Crippen LogP contribution in [0.5, 0.6) is 5.75 Å². The monoisotopic (exact) mass is 381 g/mol. The van der Waals surface area contributed by atoms with Gasteiger partial charge in [-0.05, 0) is 24.1 Å². The molecule has 138 valence electrons. The number of nitrogens with one attached hydrogen (secondary N) is 1. The molecule has 27 heavy (non-hydrogen) atoms. The molecule has 0 atom stereocenters. The fourth-order valence-electron chi connectivity index (χ4n) is 2.43. The summed E-state index contributed by atoms with van der Waals surface area (Å²) in [5.41, 5.74) is 6.14. The van der Waals surface area contributed by atoms with Crippen molar-refractivity contribution in [2.45, 2.75) is 13.3 Å². The predicted molar refractivity (Wildman–Crippen MR) is 107 cm³/mol. The Morgan fingerprint density at radius 3 is 2.78 bits per heavy atom. The number of rotatable bonds is 7. The van der Waals surface area contributed by atoms with Gasteiger partial charge in [-0.15, -0.1) is 11.3 Å². The lowest BCUT2D eigenvalue weighted by Crippen LogP contribution is -2.07. The van der Waals surface area contributed by atoms with Crippen LogP contribution < -0.4 is 5.43 Å². The lowest BCUT2D eigenvalue weighted by molar-refractivity contribution is -0.142. The summed E-state index contributed by atoms with van der Waals surface area (Å²) in [6.07, 6.45) is 1.84. The van der Waals surface area contributed by atoms with E-state index in [1.807, 2.05) is 36.4 Å². The Hall–Kier alpha value is -3.19. The maximum atomic E-state index is 11.4. The first-order valence-electron chi connectivity index (χ1n) is 8.43. The molecular weight excluding hydrogens is 362 g/mol. The van der Waals surface area contributed by atoms with Gasteiger partial charge < -0.3 is 9.84 Å². The van der Waals surface area contributed by atoms with E-state index in [1.54, 1.807) is 30.7 Å². The largest absolute Gasteiger partial charge is 0.507 e. The van der Waals surface area contributed by atoms with Crippen LogP contribution in [0.3, 0.4) is 0 Å². The molecule has 1 aromatic heterocycles. The van der Waals surface area contributed by atoms with Crippen molar-refractivity contribution >= 4 is 28.7 Å². The molecule has 3 rings (SSSR count). The van der Waals surface area contributed by atoms with Gasteiger partial charge in [0.1, 0.15) is 5.75 Å². The number of esters is 1. The minimum atomic E-state index is -0.289. The molecule has 0 aliphatic heterocycles. The van der Waals surface area contributed by atoms with E-state index in [9.17, 15) is 9.90 Å². The fraction of sp³-hybridized carbons (Fsp3) is 0.150. The number of hydrazone groups is 1. The Morgan fingerprint density at radius 2 is 2.04 bits per heavy atom. The van der Waals surface area contributed by atoms with E-state index in [0.717, 1.165) is 16.7 Å². The third kappa shape index (κ3) is 5.15. The maximum absolute atomic E-state index is 11.4. The topological polar surface area (TPSA) is 83.8 Å². The second-order valence-corrected chi connectivity index (χ2v) is 6.49. The van der Waals surface area contributed by atoms with Crippen molar-refractivity contribution in [1.29, 1.82) is 0 Å². The first kappa shape index (κ1) is 18.6. The second-order valence-electron chi connectivity index (χ2n) is 5.63. The number of carbonyl (C=O) groups is 1. The molecule has 0 unspecified atom stereocenters. The SMILES string of the molecule is CCOC(=O)Cc1csc(NN=Cc2ccc(-c3ccccc3O)cc2)n1.